The van der Waals surface area contributed by atoms with E-state index < -0.39 is 0 Å². The molecule has 3 aromatic rings. The molecule has 2 N–H and O–H groups in total. The second-order valence-electron chi connectivity index (χ2n) is 6.85. The van der Waals surface area contributed by atoms with Crippen molar-refractivity contribution in [2.45, 2.75) is 26.3 Å². The molecule has 0 aliphatic rings. The van der Waals surface area contributed by atoms with Crippen LogP contribution in [0.15, 0.2) is 35.3 Å². The third-order valence-electron chi connectivity index (χ3n) is 3.76. The van der Waals surface area contributed by atoms with E-state index >= 15 is 0 Å². The van der Waals surface area contributed by atoms with E-state index in [0.29, 0.717) is 5.56 Å². The Morgan fingerprint density at radius 1 is 1.28 bits per heavy atom. The van der Waals surface area contributed by atoms with E-state index in [1.54, 1.807) is 18.7 Å². The van der Waals surface area contributed by atoms with Crippen LogP contribution in [-0.4, -0.2) is 27.5 Å². The quantitative estimate of drug-likeness (QED) is 0.674. The average Bonchev–Trinajstić information content (AvgIpc) is 3.07. The highest BCUT2D eigenvalue weighted by atomic mass is 79.9. The fourth-order valence-corrected chi connectivity index (χ4v) is 3.15. The zero-order chi connectivity index (χ0) is 18.2. The summed E-state index contributed by atoms with van der Waals surface area (Å²) in [6.45, 7) is 6.20. The monoisotopic (exact) mass is 398 g/mol. The van der Waals surface area contributed by atoms with Crippen LogP contribution in [-0.2, 0) is 0 Å². The summed E-state index contributed by atoms with van der Waals surface area (Å²) < 4.78 is 0.868. The number of rotatable bonds is 3. The molecule has 1 aromatic carbocycles. The first kappa shape index (κ1) is 17.2. The van der Waals surface area contributed by atoms with Gasteiger partial charge >= 0.3 is 0 Å². The van der Waals surface area contributed by atoms with Crippen LogP contribution in [0.2, 0.25) is 0 Å². The summed E-state index contributed by atoms with van der Waals surface area (Å²) in [5.41, 5.74) is 2.90. The van der Waals surface area contributed by atoms with Crippen molar-refractivity contribution in [1.29, 1.82) is 5.26 Å². The SMILES string of the molecule is CN(c1cc(Br)c2ncc(C#N)c(NC(C)(C)C)c2c1)c1cnc[nH]1. The molecule has 0 aliphatic heterocycles. The Hall–Kier alpha value is -2.59. The zero-order valence-corrected chi connectivity index (χ0v) is 16.1. The molecule has 0 radical (unpaired) electrons. The molecule has 0 saturated carbocycles. The fraction of sp³-hybridized carbons (Fsp3) is 0.278. The third-order valence-corrected chi connectivity index (χ3v) is 4.37. The number of nitrogens with zero attached hydrogens (tertiary/aromatic N) is 4. The Labute approximate surface area is 155 Å². The minimum absolute atomic E-state index is 0.183. The molecule has 2 aromatic heterocycles. The second kappa shape index (κ2) is 6.37. The van der Waals surface area contributed by atoms with Gasteiger partial charge in [0.25, 0.3) is 0 Å². The topological polar surface area (TPSA) is 80.6 Å². The number of anilines is 3. The van der Waals surface area contributed by atoms with Crippen LogP contribution in [0.25, 0.3) is 10.9 Å². The number of H-pyrrole nitrogens is 1. The fourth-order valence-electron chi connectivity index (χ4n) is 2.60. The zero-order valence-electron chi connectivity index (χ0n) is 14.6. The van der Waals surface area contributed by atoms with Crippen LogP contribution in [0.4, 0.5) is 17.2 Å². The van der Waals surface area contributed by atoms with Crippen LogP contribution in [0.3, 0.4) is 0 Å². The Morgan fingerprint density at radius 3 is 2.64 bits per heavy atom. The van der Waals surface area contributed by atoms with E-state index in [2.05, 4.69) is 63.0 Å². The average molecular weight is 399 g/mol. The van der Waals surface area contributed by atoms with Crippen molar-refractivity contribution >= 4 is 44.0 Å². The summed E-state index contributed by atoms with van der Waals surface area (Å²) in [4.78, 5) is 13.6. The largest absolute Gasteiger partial charge is 0.379 e. The van der Waals surface area contributed by atoms with Gasteiger partial charge in [0.2, 0.25) is 0 Å². The molecule has 2 heterocycles. The molecule has 0 fully saturated rings. The number of benzene rings is 1. The van der Waals surface area contributed by atoms with E-state index in [1.165, 1.54) is 0 Å². The second-order valence-corrected chi connectivity index (χ2v) is 7.71. The van der Waals surface area contributed by atoms with E-state index in [1.807, 2.05) is 24.1 Å². The van der Waals surface area contributed by atoms with Crippen molar-refractivity contribution in [2.24, 2.45) is 0 Å². The Bertz CT molecular complexity index is 950. The lowest BCUT2D eigenvalue weighted by atomic mass is 10.0. The summed E-state index contributed by atoms with van der Waals surface area (Å²) in [6.07, 6.45) is 5.01. The molecule has 25 heavy (non-hydrogen) atoms. The summed E-state index contributed by atoms with van der Waals surface area (Å²) in [5.74, 6) is 0.876. The van der Waals surface area contributed by atoms with Crippen molar-refractivity contribution in [3.63, 3.8) is 0 Å². The normalized spacial score (nSPS) is 11.4. The first-order valence-corrected chi connectivity index (χ1v) is 8.62. The minimum Gasteiger partial charge on any atom is -0.379 e. The Morgan fingerprint density at radius 2 is 2.04 bits per heavy atom. The molecule has 0 aliphatic carbocycles. The molecule has 0 bridgehead atoms. The van der Waals surface area contributed by atoms with Gasteiger partial charge < -0.3 is 15.2 Å². The Balaban J connectivity index is 2.24. The lowest BCUT2D eigenvalue weighted by molar-refractivity contribution is 0.634. The number of hydrogen-bond acceptors (Lipinski definition) is 5. The number of nitriles is 1. The summed E-state index contributed by atoms with van der Waals surface area (Å²) >= 11 is 3.61. The predicted octanol–water partition coefficient (Wildman–Crippen LogP) is 4.57. The molecule has 0 atom stereocenters. The highest BCUT2D eigenvalue weighted by Crippen LogP contribution is 2.36. The molecule has 7 heteroatoms. The van der Waals surface area contributed by atoms with E-state index in [4.69, 9.17) is 0 Å². The van der Waals surface area contributed by atoms with Gasteiger partial charge in [-0.3, -0.25) is 4.98 Å². The molecule has 0 spiro atoms. The molecule has 0 saturated heterocycles. The van der Waals surface area contributed by atoms with Crippen molar-refractivity contribution in [1.82, 2.24) is 15.0 Å². The molecule has 128 valence electrons. The van der Waals surface area contributed by atoms with Crippen LogP contribution < -0.4 is 10.2 Å². The molecular weight excluding hydrogens is 380 g/mol. The smallest absolute Gasteiger partial charge is 0.130 e. The number of aromatic amines is 1. The highest BCUT2D eigenvalue weighted by Gasteiger charge is 2.18. The van der Waals surface area contributed by atoms with Gasteiger partial charge in [-0.05, 0) is 48.8 Å². The van der Waals surface area contributed by atoms with Crippen LogP contribution in [0.5, 0.6) is 0 Å². The lowest BCUT2D eigenvalue weighted by Gasteiger charge is -2.25. The van der Waals surface area contributed by atoms with Crippen LogP contribution in [0, 0.1) is 11.3 Å². The maximum atomic E-state index is 9.51. The lowest BCUT2D eigenvalue weighted by Crippen LogP contribution is -2.26. The summed E-state index contributed by atoms with van der Waals surface area (Å²) in [7, 11) is 1.96. The van der Waals surface area contributed by atoms with Gasteiger partial charge in [-0.15, -0.1) is 0 Å². The maximum absolute atomic E-state index is 9.51. The predicted molar refractivity (Wildman–Crippen MR) is 104 cm³/mol. The molecule has 0 amide bonds. The number of nitrogens with one attached hydrogen (secondary N) is 2. The minimum atomic E-state index is -0.183. The van der Waals surface area contributed by atoms with Gasteiger partial charge in [-0.1, -0.05) is 0 Å². The molecule has 3 rings (SSSR count). The van der Waals surface area contributed by atoms with E-state index in [0.717, 1.165) is 32.6 Å². The molecule has 6 nitrogen and oxygen atoms in total. The molecular formula is C18H19BrN6. The van der Waals surface area contributed by atoms with Crippen molar-refractivity contribution in [3.05, 3.63) is 40.9 Å². The van der Waals surface area contributed by atoms with Gasteiger partial charge in [-0.25, -0.2) is 4.98 Å². The van der Waals surface area contributed by atoms with E-state index in [-0.39, 0.29) is 5.54 Å². The van der Waals surface area contributed by atoms with Gasteiger partial charge in [0.15, 0.2) is 0 Å². The van der Waals surface area contributed by atoms with Gasteiger partial charge in [0, 0.05) is 34.3 Å². The number of pyridine rings is 1. The van der Waals surface area contributed by atoms with Crippen molar-refractivity contribution in [2.75, 3.05) is 17.3 Å². The number of imidazole rings is 1. The van der Waals surface area contributed by atoms with Gasteiger partial charge in [-0.2, -0.15) is 5.26 Å². The first-order valence-electron chi connectivity index (χ1n) is 7.83. The number of halogens is 1. The first-order chi connectivity index (χ1) is 11.8. The third kappa shape index (κ3) is 3.44. The number of aromatic nitrogens is 3. The van der Waals surface area contributed by atoms with Crippen molar-refractivity contribution < 1.29 is 0 Å². The van der Waals surface area contributed by atoms with Crippen LogP contribution in [0.1, 0.15) is 26.3 Å². The number of fused-ring (bicyclic) bond motifs is 1. The molecule has 0 unspecified atom stereocenters. The standard InChI is InChI=1S/C18H19BrN6/c1-18(2,3)24-16-11(7-20)8-22-17-13(16)5-12(6-14(17)19)25(4)15-9-21-10-23-15/h5-6,8-10H,1-4H3,(H,21,23)(H,22,24). The van der Waals surface area contributed by atoms with Crippen molar-refractivity contribution in [3.8, 4) is 6.07 Å². The highest BCUT2D eigenvalue weighted by molar-refractivity contribution is 9.10. The van der Waals surface area contributed by atoms with Gasteiger partial charge in [0.1, 0.15) is 11.9 Å². The summed E-state index contributed by atoms with van der Waals surface area (Å²) in [5, 5.41) is 13.9. The summed E-state index contributed by atoms with van der Waals surface area (Å²) in [6, 6.07) is 6.27. The number of hydrogen-bond donors (Lipinski definition) is 2. The van der Waals surface area contributed by atoms with E-state index in [9.17, 15) is 5.26 Å². The maximum Gasteiger partial charge on any atom is 0.130 e. The van der Waals surface area contributed by atoms with Gasteiger partial charge in [0.05, 0.1) is 29.3 Å². The Kier molecular flexibility index (Phi) is 4.39. The van der Waals surface area contributed by atoms with Crippen LogP contribution >= 0.6 is 15.9 Å².